The highest BCUT2D eigenvalue weighted by Crippen LogP contribution is 2.53. The van der Waals surface area contributed by atoms with Crippen LogP contribution in [0.25, 0.3) is 0 Å². The summed E-state index contributed by atoms with van der Waals surface area (Å²) in [6.07, 6.45) is 8.66. The number of hydrogen-bond donors (Lipinski definition) is 1. The first-order valence-electron chi connectivity index (χ1n) is 12.1. The van der Waals surface area contributed by atoms with Gasteiger partial charge in [0, 0.05) is 13.1 Å². The Kier molecular flexibility index (Phi) is 5.95. The summed E-state index contributed by atoms with van der Waals surface area (Å²) in [5.74, 6) is 0.489. The van der Waals surface area contributed by atoms with E-state index in [1.54, 1.807) is 0 Å². The van der Waals surface area contributed by atoms with E-state index in [9.17, 15) is 9.59 Å². The van der Waals surface area contributed by atoms with Gasteiger partial charge in [0.1, 0.15) is 5.54 Å². The smallest absolute Gasteiger partial charge is 0.326 e. The van der Waals surface area contributed by atoms with Crippen LogP contribution in [0.15, 0.2) is 0 Å². The summed E-state index contributed by atoms with van der Waals surface area (Å²) in [7, 11) is 0. The van der Waals surface area contributed by atoms with Crippen molar-refractivity contribution in [3.63, 3.8) is 0 Å². The van der Waals surface area contributed by atoms with Crippen LogP contribution in [0.5, 0.6) is 0 Å². The molecule has 4 aliphatic rings. The minimum atomic E-state index is -0.678. The standard InChI is InChI=1S/C24H41N3O3/c1-22(2)9-5-18(6-10-22)24(19-7-11-23(3,4)12-8-19)20(28)25-21(29)27(24)17-26-13-15-30-16-14-26/h18-19H,5-17H2,1-4H3,(H,25,28,29). The van der Waals surface area contributed by atoms with Crippen LogP contribution in [-0.2, 0) is 9.53 Å². The SMILES string of the molecule is CC1(C)CCC(C2(C3CCC(C)(C)CC3)C(=O)NC(=O)N2CN2CCOCC2)CC1. The second kappa shape index (κ2) is 8.09. The molecule has 170 valence electrons. The van der Waals surface area contributed by atoms with Crippen molar-refractivity contribution in [2.24, 2.45) is 22.7 Å². The molecule has 0 aromatic rings. The third kappa shape index (κ3) is 4.02. The maximum atomic E-state index is 13.7. The predicted octanol–water partition coefficient (Wildman–Crippen LogP) is 4.00. The average molecular weight is 420 g/mol. The van der Waals surface area contributed by atoms with Gasteiger partial charge in [-0.3, -0.25) is 19.9 Å². The van der Waals surface area contributed by atoms with Gasteiger partial charge in [-0.1, -0.05) is 27.7 Å². The lowest BCUT2D eigenvalue weighted by atomic mass is 9.58. The topological polar surface area (TPSA) is 61.9 Å². The van der Waals surface area contributed by atoms with Crippen LogP contribution in [-0.4, -0.2) is 60.2 Å². The molecule has 0 spiro atoms. The largest absolute Gasteiger partial charge is 0.379 e. The van der Waals surface area contributed by atoms with Crippen molar-refractivity contribution in [2.75, 3.05) is 33.0 Å². The van der Waals surface area contributed by atoms with Crippen LogP contribution in [0.2, 0.25) is 0 Å². The fraction of sp³-hybridized carbons (Fsp3) is 0.917. The third-order valence-corrected chi connectivity index (χ3v) is 8.64. The van der Waals surface area contributed by atoms with Crippen LogP contribution in [0.3, 0.4) is 0 Å². The Labute approximate surface area is 182 Å². The molecule has 0 aromatic carbocycles. The van der Waals surface area contributed by atoms with E-state index >= 15 is 0 Å². The van der Waals surface area contributed by atoms with Crippen LogP contribution >= 0.6 is 0 Å². The van der Waals surface area contributed by atoms with E-state index in [1.165, 1.54) is 0 Å². The number of amides is 3. The van der Waals surface area contributed by atoms with E-state index in [2.05, 4.69) is 37.9 Å². The summed E-state index contributed by atoms with van der Waals surface area (Å²) in [6, 6.07) is -0.179. The van der Waals surface area contributed by atoms with Gasteiger partial charge in [-0.2, -0.15) is 0 Å². The molecule has 0 unspecified atom stereocenters. The summed E-state index contributed by atoms with van der Waals surface area (Å²) in [4.78, 5) is 31.1. The number of carbonyl (C=O) groups excluding carboxylic acids is 2. The molecule has 4 fully saturated rings. The molecule has 0 bridgehead atoms. The van der Waals surface area contributed by atoms with E-state index < -0.39 is 5.54 Å². The molecule has 3 amide bonds. The van der Waals surface area contributed by atoms with E-state index in [1.807, 2.05) is 4.90 Å². The molecule has 0 aromatic heterocycles. The quantitative estimate of drug-likeness (QED) is 0.700. The van der Waals surface area contributed by atoms with E-state index in [0.29, 0.717) is 30.7 Å². The second-order valence-corrected chi connectivity index (χ2v) is 11.8. The molecular weight excluding hydrogens is 378 g/mol. The highest BCUT2D eigenvalue weighted by molar-refractivity contribution is 6.07. The first-order valence-corrected chi connectivity index (χ1v) is 12.1. The minimum absolute atomic E-state index is 0.0184. The molecule has 2 aliphatic carbocycles. The van der Waals surface area contributed by atoms with Gasteiger partial charge in [0.25, 0.3) is 5.91 Å². The van der Waals surface area contributed by atoms with Crippen molar-refractivity contribution in [3.05, 3.63) is 0 Å². The van der Waals surface area contributed by atoms with Gasteiger partial charge in [-0.25, -0.2) is 4.79 Å². The Bertz CT molecular complexity index is 621. The van der Waals surface area contributed by atoms with Crippen molar-refractivity contribution in [3.8, 4) is 0 Å². The van der Waals surface area contributed by atoms with Gasteiger partial charge < -0.3 is 4.74 Å². The highest BCUT2D eigenvalue weighted by Gasteiger charge is 2.62. The zero-order chi connectivity index (χ0) is 21.6. The van der Waals surface area contributed by atoms with E-state index in [0.717, 1.165) is 64.5 Å². The molecule has 2 heterocycles. The van der Waals surface area contributed by atoms with Crippen LogP contribution < -0.4 is 5.32 Å². The number of imide groups is 1. The molecule has 4 rings (SSSR count). The summed E-state index contributed by atoms with van der Waals surface area (Å²) < 4.78 is 5.51. The minimum Gasteiger partial charge on any atom is -0.379 e. The number of carbonyl (C=O) groups is 2. The summed E-state index contributed by atoms with van der Waals surface area (Å²) >= 11 is 0. The number of morpholine rings is 1. The number of hydrogen-bond acceptors (Lipinski definition) is 4. The molecular formula is C24H41N3O3. The van der Waals surface area contributed by atoms with Gasteiger partial charge in [-0.15, -0.1) is 0 Å². The molecule has 1 N–H and O–H groups in total. The number of nitrogens with one attached hydrogen (secondary N) is 1. The van der Waals surface area contributed by atoms with Crippen molar-refractivity contribution >= 4 is 11.9 Å². The number of nitrogens with zero attached hydrogens (tertiary/aromatic N) is 2. The zero-order valence-electron chi connectivity index (χ0n) is 19.5. The van der Waals surface area contributed by atoms with Crippen LogP contribution in [0.4, 0.5) is 4.79 Å². The summed E-state index contributed by atoms with van der Waals surface area (Å²) in [5.41, 5.74) is -0.0108. The highest BCUT2D eigenvalue weighted by atomic mass is 16.5. The van der Waals surface area contributed by atoms with Gasteiger partial charge in [0.05, 0.1) is 19.9 Å². The van der Waals surface area contributed by atoms with Gasteiger partial charge in [0.15, 0.2) is 0 Å². The Morgan fingerprint density at radius 2 is 1.33 bits per heavy atom. The first-order chi connectivity index (χ1) is 14.1. The van der Waals surface area contributed by atoms with Crippen molar-refractivity contribution in [1.29, 1.82) is 0 Å². The maximum absolute atomic E-state index is 13.7. The second-order valence-electron chi connectivity index (χ2n) is 11.8. The van der Waals surface area contributed by atoms with Gasteiger partial charge in [0.2, 0.25) is 0 Å². The third-order valence-electron chi connectivity index (χ3n) is 8.64. The number of ether oxygens (including phenoxy) is 1. The predicted molar refractivity (Wildman–Crippen MR) is 117 cm³/mol. The van der Waals surface area contributed by atoms with E-state index in [4.69, 9.17) is 4.74 Å². The molecule has 2 saturated heterocycles. The molecule has 6 nitrogen and oxygen atoms in total. The number of rotatable bonds is 4. The van der Waals surface area contributed by atoms with Crippen molar-refractivity contribution in [2.45, 2.75) is 84.6 Å². The Morgan fingerprint density at radius 1 is 0.867 bits per heavy atom. The number of urea groups is 1. The molecule has 30 heavy (non-hydrogen) atoms. The Morgan fingerprint density at radius 3 is 1.80 bits per heavy atom. The zero-order valence-corrected chi connectivity index (χ0v) is 19.5. The first kappa shape index (κ1) is 22.1. The van der Waals surface area contributed by atoms with Crippen molar-refractivity contribution in [1.82, 2.24) is 15.1 Å². The van der Waals surface area contributed by atoms with Crippen LogP contribution in [0.1, 0.15) is 79.1 Å². The van der Waals surface area contributed by atoms with Gasteiger partial charge in [-0.05, 0) is 74.0 Å². The van der Waals surface area contributed by atoms with E-state index in [-0.39, 0.29) is 23.8 Å². The fourth-order valence-electron chi connectivity index (χ4n) is 6.50. The molecule has 6 heteroatoms. The molecule has 0 atom stereocenters. The lowest BCUT2D eigenvalue weighted by molar-refractivity contribution is -0.139. The molecule has 2 saturated carbocycles. The Hall–Kier alpha value is -1.14. The maximum Gasteiger partial charge on any atom is 0.326 e. The fourth-order valence-corrected chi connectivity index (χ4v) is 6.50. The summed E-state index contributed by atoms with van der Waals surface area (Å²) in [6.45, 7) is 12.9. The van der Waals surface area contributed by atoms with Crippen LogP contribution in [0, 0.1) is 22.7 Å². The lowest BCUT2D eigenvalue weighted by Gasteiger charge is -2.53. The Balaban J connectivity index is 1.66. The van der Waals surface area contributed by atoms with Crippen molar-refractivity contribution < 1.29 is 14.3 Å². The molecule has 0 radical (unpaired) electrons. The normalized spacial score (nSPS) is 30.5. The molecule has 2 aliphatic heterocycles. The summed E-state index contributed by atoms with van der Waals surface area (Å²) in [5, 5.41) is 2.77. The lowest BCUT2D eigenvalue weighted by Crippen LogP contribution is -2.64. The monoisotopic (exact) mass is 419 g/mol. The average Bonchev–Trinajstić information content (AvgIpc) is 2.93. The van der Waals surface area contributed by atoms with Gasteiger partial charge >= 0.3 is 6.03 Å².